The van der Waals surface area contributed by atoms with E-state index in [0.717, 1.165) is 23.8 Å². The number of nitrogens with one attached hydrogen (secondary N) is 2. The van der Waals surface area contributed by atoms with Gasteiger partial charge in [0.1, 0.15) is 24.0 Å². The number of nitrogens with zero attached hydrogens (tertiary/aromatic N) is 1. The molecule has 0 saturated heterocycles. The zero-order valence-electron chi connectivity index (χ0n) is 14.1. The van der Waals surface area contributed by atoms with Crippen molar-refractivity contribution >= 4 is 5.96 Å². The van der Waals surface area contributed by atoms with E-state index < -0.39 is 24.7 Å². The van der Waals surface area contributed by atoms with Gasteiger partial charge in [0.15, 0.2) is 5.96 Å². The number of benzene rings is 2. The van der Waals surface area contributed by atoms with Crippen molar-refractivity contribution in [1.82, 2.24) is 10.6 Å². The fourth-order valence-corrected chi connectivity index (χ4v) is 2.17. The Kier molecular flexibility index (Phi) is 7.25. The molecule has 2 aromatic carbocycles. The molecule has 0 saturated carbocycles. The number of hydrogen-bond donors (Lipinski definition) is 2. The number of guanidine groups is 1. The molecule has 0 aromatic heterocycles. The molecule has 0 spiro atoms. The molecule has 2 rings (SSSR count). The smallest absolute Gasteiger partial charge is 0.272 e. The maximum Gasteiger partial charge on any atom is 0.272 e. The predicted octanol–water partition coefficient (Wildman–Crippen LogP) is 3.47. The highest BCUT2D eigenvalue weighted by Gasteiger charge is 2.06. The van der Waals surface area contributed by atoms with Gasteiger partial charge in [0.2, 0.25) is 0 Å². The average Bonchev–Trinajstić information content (AvgIpc) is 2.63. The molecule has 8 heteroatoms. The Labute approximate surface area is 148 Å². The van der Waals surface area contributed by atoms with Crippen LogP contribution in [0.3, 0.4) is 0 Å². The highest BCUT2D eigenvalue weighted by molar-refractivity contribution is 5.79. The molecule has 0 heterocycles. The zero-order chi connectivity index (χ0) is 18.9. The number of rotatable bonds is 7. The summed E-state index contributed by atoms with van der Waals surface area (Å²) in [5.41, 5.74) is 0.965. The Bertz CT molecular complexity index is 753. The van der Waals surface area contributed by atoms with Crippen LogP contribution >= 0.6 is 0 Å². The van der Waals surface area contributed by atoms with Gasteiger partial charge in [-0.1, -0.05) is 12.1 Å². The van der Waals surface area contributed by atoms with Crippen molar-refractivity contribution in [1.29, 1.82) is 0 Å². The van der Waals surface area contributed by atoms with Crippen LogP contribution in [0, 0.1) is 11.6 Å². The third-order valence-corrected chi connectivity index (χ3v) is 3.41. The van der Waals surface area contributed by atoms with Crippen molar-refractivity contribution in [2.75, 3.05) is 13.7 Å². The lowest BCUT2D eigenvalue weighted by molar-refractivity contribution is 0.0818. The predicted molar refractivity (Wildman–Crippen MR) is 91.3 cm³/mol. The first-order valence-corrected chi connectivity index (χ1v) is 7.86. The molecule has 0 unspecified atom stereocenters. The summed E-state index contributed by atoms with van der Waals surface area (Å²) in [6.45, 7) is -0.267. The quantitative estimate of drug-likeness (QED) is 0.446. The standard InChI is InChI=1S/C18H19F4N3O/c1-23-18(25-10-13-8-14(19)5-6-16(13)20)24-9-12-3-2-4-15(7-12)26-11-17(21)22/h2-8,17H,9-11H2,1H3,(H2,23,24,25). The molecule has 26 heavy (non-hydrogen) atoms. The molecule has 4 nitrogen and oxygen atoms in total. The van der Waals surface area contributed by atoms with Crippen molar-refractivity contribution in [2.24, 2.45) is 4.99 Å². The molecule has 2 N–H and O–H groups in total. The van der Waals surface area contributed by atoms with Gasteiger partial charge in [0.25, 0.3) is 6.43 Å². The monoisotopic (exact) mass is 369 g/mol. The van der Waals surface area contributed by atoms with Crippen LogP contribution in [0.1, 0.15) is 11.1 Å². The Morgan fingerprint density at radius 1 is 1.08 bits per heavy atom. The maximum atomic E-state index is 13.6. The van der Waals surface area contributed by atoms with E-state index in [1.807, 2.05) is 0 Å². The van der Waals surface area contributed by atoms with Gasteiger partial charge in [0, 0.05) is 25.7 Å². The second-order valence-corrected chi connectivity index (χ2v) is 5.36. The summed E-state index contributed by atoms with van der Waals surface area (Å²) in [6, 6.07) is 9.93. The van der Waals surface area contributed by atoms with Crippen molar-refractivity contribution in [2.45, 2.75) is 19.5 Å². The Morgan fingerprint density at radius 2 is 1.85 bits per heavy atom. The summed E-state index contributed by atoms with van der Waals surface area (Å²) in [4.78, 5) is 4.00. The molecular weight excluding hydrogens is 350 g/mol. The number of aliphatic imine (C=N–C) groups is 1. The summed E-state index contributed by atoms with van der Waals surface area (Å²) in [5.74, 6) is -0.313. The molecule has 0 aliphatic rings. The SMILES string of the molecule is CN=C(NCc1cccc(OCC(F)F)c1)NCc1cc(F)ccc1F. The molecule has 0 amide bonds. The molecule has 0 aliphatic carbocycles. The van der Waals surface area contributed by atoms with E-state index in [9.17, 15) is 17.6 Å². The van der Waals surface area contributed by atoms with Crippen LogP contribution in [0.4, 0.5) is 17.6 Å². The highest BCUT2D eigenvalue weighted by Crippen LogP contribution is 2.14. The summed E-state index contributed by atoms with van der Waals surface area (Å²) < 4.78 is 56.1. The second kappa shape index (κ2) is 9.65. The molecule has 0 aliphatic heterocycles. The van der Waals surface area contributed by atoms with Crippen molar-refractivity contribution < 1.29 is 22.3 Å². The van der Waals surface area contributed by atoms with Crippen molar-refractivity contribution in [3.63, 3.8) is 0 Å². The van der Waals surface area contributed by atoms with E-state index in [1.165, 1.54) is 0 Å². The van der Waals surface area contributed by atoms with Crippen LogP contribution in [-0.4, -0.2) is 26.0 Å². The van der Waals surface area contributed by atoms with E-state index in [1.54, 1.807) is 31.3 Å². The summed E-state index contributed by atoms with van der Waals surface area (Å²) in [5, 5.41) is 5.88. The van der Waals surface area contributed by atoms with E-state index in [4.69, 9.17) is 4.74 Å². The molecule has 0 fully saturated rings. The lowest BCUT2D eigenvalue weighted by Crippen LogP contribution is -2.36. The second-order valence-electron chi connectivity index (χ2n) is 5.36. The minimum atomic E-state index is -2.54. The molecule has 2 aromatic rings. The van der Waals surface area contributed by atoms with Crippen LogP contribution in [-0.2, 0) is 13.1 Å². The van der Waals surface area contributed by atoms with Crippen LogP contribution in [0.25, 0.3) is 0 Å². The van der Waals surface area contributed by atoms with Gasteiger partial charge in [-0.2, -0.15) is 0 Å². The highest BCUT2D eigenvalue weighted by atomic mass is 19.3. The Balaban J connectivity index is 1.88. The van der Waals surface area contributed by atoms with Gasteiger partial charge in [-0.05, 0) is 35.9 Å². The normalized spacial score (nSPS) is 11.5. The molecular formula is C18H19F4N3O. The molecule has 0 radical (unpaired) electrons. The number of ether oxygens (including phenoxy) is 1. The largest absolute Gasteiger partial charge is 0.488 e. The molecule has 140 valence electrons. The van der Waals surface area contributed by atoms with E-state index in [0.29, 0.717) is 18.3 Å². The van der Waals surface area contributed by atoms with Crippen LogP contribution in [0.15, 0.2) is 47.5 Å². The lowest BCUT2D eigenvalue weighted by atomic mass is 10.2. The fraction of sp³-hybridized carbons (Fsp3) is 0.278. The first kappa shape index (κ1) is 19.6. The summed E-state index contributed by atoms with van der Waals surface area (Å²) in [7, 11) is 1.54. The number of alkyl halides is 2. The van der Waals surface area contributed by atoms with Gasteiger partial charge in [-0.25, -0.2) is 17.6 Å². The van der Waals surface area contributed by atoms with E-state index in [2.05, 4.69) is 15.6 Å². The van der Waals surface area contributed by atoms with E-state index >= 15 is 0 Å². The van der Waals surface area contributed by atoms with Gasteiger partial charge < -0.3 is 15.4 Å². The van der Waals surface area contributed by atoms with Gasteiger partial charge in [-0.3, -0.25) is 4.99 Å². The number of hydrogen-bond acceptors (Lipinski definition) is 2. The first-order chi connectivity index (χ1) is 12.5. The summed E-state index contributed by atoms with van der Waals surface area (Å²) in [6.07, 6.45) is -2.54. The van der Waals surface area contributed by atoms with Crippen LogP contribution in [0.5, 0.6) is 5.75 Å². The van der Waals surface area contributed by atoms with Gasteiger partial charge in [-0.15, -0.1) is 0 Å². The lowest BCUT2D eigenvalue weighted by Gasteiger charge is -2.13. The average molecular weight is 369 g/mol. The molecule has 0 bridgehead atoms. The fourth-order valence-electron chi connectivity index (χ4n) is 2.17. The van der Waals surface area contributed by atoms with E-state index in [-0.39, 0.29) is 12.1 Å². The van der Waals surface area contributed by atoms with Crippen LogP contribution < -0.4 is 15.4 Å². The maximum absolute atomic E-state index is 13.6. The van der Waals surface area contributed by atoms with Crippen LogP contribution in [0.2, 0.25) is 0 Å². The first-order valence-electron chi connectivity index (χ1n) is 7.86. The minimum Gasteiger partial charge on any atom is -0.488 e. The zero-order valence-corrected chi connectivity index (χ0v) is 14.1. The number of halogens is 4. The topological polar surface area (TPSA) is 45.7 Å². The molecule has 0 atom stereocenters. The van der Waals surface area contributed by atoms with Gasteiger partial charge in [0.05, 0.1) is 0 Å². The Morgan fingerprint density at radius 3 is 2.58 bits per heavy atom. The third kappa shape index (κ3) is 6.27. The summed E-state index contributed by atoms with van der Waals surface area (Å²) >= 11 is 0. The van der Waals surface area contributed by atoms with Crippen molar-refractivity contribution in [3.8, 4) is 5.75 Å². The Hall–Kier alpha value is -2.77. The minimum absolute atomic E-state index is 0.0564. The van der Waals surface area contributed by atoms with Crippen molar-refractivity contribution in [3.05, 3.63) is 65.2 Å². The van der Waals surface area contributed by atoms with Gasteiger partial charge >= 0.3 is 0 Å². The third-order valence-electron chi connectivity index (χ3n) is 3.41.